The minimum Gasteiger partial charge on any atom is -0.317 e. The number of carbonyl (C=O) groups excluding carboxylic acids is 2. The summed E-state index contributed by atoms with van der Waals surface area (Å²) in [5.41, 5.74) is 2.91. The van der Waals surface area contributed by atoms with Crippen LogP contribution < -0.4 is 5.32 Å². The third-order valence-electron chi connectivity index (χ3n) is 10.1. The number of fused-ring (bicyclic) bond motifs is 5. The van der Waals surface area contributed by atoms with E-state index in [2.05, 4.69) is 31.2 Å². The van der Waals surface area contributed by atoms with Crippen molar-refractivity contribution in [2.24, 2.45) is 39.7 Å². The number of hydrogen-bond donors (Lipinski definition) is 1. The van der Waals surface area contributed by atoms with Gasteiger partial charge in [0.2, 0.25) is 0 Å². The molecule has 0 amide bonds. The first-order valence-electron chi connectivity index (χ1n) is 12.6. The van der Waals surface area contributed by atoms with Gasteiger partial charge in [0, 0.05) is 12.3 Å². The Morgan fingerprint density at radius 3 is 2.71 bits per heavy atom. The van der Waals surface area contributed by atoms with Gasteiger partial charge in [0.1, 0.15) is 6.04 Å². The molecule has 0 radical (unpaired) electrons. The summed E-state index contributed by atoms with van der Waals surface area (Å²) in [7, 11) is 0. The molecule has 170 valence electrons. The standard InChI is InChI=1S/C26H38N2O3/c1-16(28-31-24(30)23-5-4-14-27-23)20-8-9-21-19-7-6-17-15-18(29)10-12-25(17,2)22(19)11-13-26(20,21)3/h15,19-23,27H,4-14H2,1-3H3. The molecule has 4 fully saturated rings. The normalized spacial score (nSPS) is 44.9. The SMILES string of the molecule is CC(=NOC(=O)C1CCCN1)C1CCC2C3CCC4=CC(=O)CCC4(C)C3CCC12C. The number of ketones is 1. The molecule has 1 aliphatic heterocycles. The minimum absolute atomic E-state index is 0.188. The van der Waals surface area contributed by atoms with E-state index in [9.17, 15) is 9.59 Å². The summed E-state index contributed by atoms with van der Waals surface area (Å²) < 4.78 is 0. The van der Waals surface area contributed by atoms with Crippen LogP contribution >= 0.6 is 0 Å². The second-order valence-corrected chi connectivity index (χ2v) is 11.4. The van der Waals surface area contributed by atoms with Gasteiger partial charge in [-0.25, -0.2) is 4.79 Å². The van der Waals surface area contributed by atoms with Crippen LogP contribution in [0.3, 0.4) is 0 Å². The van der Waals surface area contributed by atoms with Crippen LogP contribution in [0.5, 0.6) is 0 Å². The van der Waals surface area contributed by atoms with Gasteiger partial charge in [-0.05, 0) is 106 Å². The minimum atomic E-state index is -0.230. The van der Waals surface area contributed by atoms with E-state index in [1.165, 1.54) is 31.3 Å². The van der Waals surface area contributed by atoms with Crippen LogP contribution in [0.1, 0.15) is 85.0 Å². The lowest BCUT2D eigenvalue weighted by Gasteiger charge is -2.58. The van der Waals surface area contributed by atoms with Gasteiger partial charge in [-0.15, -0.1) is 0 Å². The fraction of sp³-hybridized carbons (Fsp3) is 0.808. The average molecular weight is 427 g/mol. The van der Waals surface area contributed by atoms with Crippen molar-refractivity contribution in [2.75, 3.05) is 6.54 Å². The van der Waals surface area contributed by atoms with Gasteiger partial charge in [0.05, 0.1) is 5.71 Å². The number of nitrogens with one attached hydrogen (secondary N) is 1. The zero-order valence-corrected chi connectivity index (χ0v) is 19.4. The van der Waals surface area contributed by atoms with Gasteiger partial charge < -0.3 is 10.2 Å². The largest absolute Gasteiger partial charge is 0.351 e. The number of nitrogens with zero attached hydrogens (tertiary/aromatic N) is 1. The van der Waals surface area contributed by atoms with Crippen LogP contribution in [0.2, 0.25) is 0 Å². The Morgan fingerprint density at radius 1 is 1.10 bits per heavy atom. The summed E-state index contributed by atoms with van der Waals surface area (Å²) in [6.45, 7) is 7.87. The molecule has 1 N–H and O–H groups in total. The summed E-state index contributed by atoms with van der Waals surface area (Å²) in [5.74, 6) is 2.68. The molecular formula is C26H38N2O3. The average Bonchev–Trinajstić information content (AvgIpc) is 3.40. The van der Waals surface area contributed by atoms with E-state index >= 15 is 0 Å². The molecule has 7 unspecified atom stereocenters. The fourth-order valence-corrected chi connectivity index (χ4v) is 8.38. The van der Waals surface area contributed by atoms with E-state index in [1.807, 2.05) is 6.08 Å². The van der Waals surface area contributed by atoms with Gasteiger partial charge >= 0.3 is 5.97 Å². The summed E-state index contributed by atoms with van der Waals surface area (Å²) in [4.78, 5) is 29.7. The number of hydrogen-bond acceptors (Lipinski definition) is 5. The first-order chi connectivity index (χ1) is 14.8. The van der Waals surface area contributed by atoms with Crippen LogP contribution in [-0.2, 0) is 14.4 Å². The molecule has 5 rings (SSSR count). The number of oxime groups is 1. The Bertz CT molecular complexity index is 827. The van der Waals surface area contributed by atoms with Gasteiger partial charge in [-0.2, -0.15) is 0 Å². The molecule has 1 saturated heterocycles. The van der Waals surface area contributed by atoms with Gasteiger partial charge in [0.15, 0.2) is 5.78 Å². The highest BCUT2D eigenvalue weighted by Gasteiger charge is 2.59. The molecule has 4 aliphatic carbocycles. The Morgan fingerprint density at radius 2 is 1.94 bits per heavy atom. The molecule has 5 heteroatoms. The number of carbonyl (C=O) groups is 2. The molecule has 5 nitrogen and oxygen atoms in total. The fourth-order valence-electron chi connectivity index (χ4n) is 8.38. The molecule has 3 saturated carbocycles. The van der Waals surface area contributed by atoms with E-state index in [-0.39, 0.29) is 22.8 Å². The Balaban J connectivity index is 1.32. The van der Waals surface area contributed by atoms with Crippen LogP contribution in [0.4, 0.5) is 0 Å². The van der Waals surface area contributed by atoms with E-state index in [0.29, 0.717) is 23.5 Å². The molecule has 0 bridgehead atoms. The molecule has 31 heavy (non-hydrogen) atoms. The Hall–Kier alpha value is -1.49. The maximum Gasteiger partial charge on any atom is 0.351 e. The maximum atomic E-state index is 12.3. The Kier molecular flexibility index (Phi) is 5.39. The first-order valence-corrected chi connectivity index (χ1v) is 12.6. The van der Waals surface area contributed by atoms with Crippen LogP contribution in [0.25, 0.3) is 0 Å². The van der Waals surface area contributed by atoms with Gasteiger partial charge in [-0.1, -0.05) is 24.6 Å². The van der Waals surface area contributed by atoms with E-state index in [1.54, 1.807) is 0 Å². The van der Waals surface area contributed by atoms with E-state index in [4.69, 9.17) is 4.84 Å². The van der Waals surface area contributed by atoms with Crippen molar-refractivity contribution in [3.8, 4) is 0 Å². The van der Waals surface area contributed by atoms with Crippen LogP contribution in [0.15, 0.2) is 16.8 Å². The van der Waals surface area contributed by atoms with Crippen molar-refractivity contribution in [1.82, 2.24) is 5.32 Å². The maximum absolute atomic E-state index is 12.3. The second kappa shape index (κ2) is 7.83. The van der Waals surface area contributed by atoms with Crippen molar-refractivity contribution in [3.05, 3.63) is 11.6 Å². The number of rotatable bonds is 3. The molecule has 0 aromatic rings. The third-order valence-corrected chi connectivity index (χ3v) is 10.1. The highest BCUT2D eigenvalue weighted by Crippen LogP contribution is 2.66. The molecule has 0 spiro atoms. The monoisotopic (exact) mass is 426 g/mol. The van der Waals surface area contributed by atoms with Crippen molar-refractivity contribution >= 4 is 17.5 Å². The number of allylic oxidation sites excluding steroid dienone is 1. The van der Waals surface area contributed by atoms with E-state index < -0.39 is 0 Å². The lowest BCUT2D eigenvalue weighted by atomic mass is 9.46. The van der Waals surface area contributed by atoms with E-state index in [0.717, 1.165) is 56.7 Å². The molecule has 1 heterocycles. The second-order valence-electron chi connectivity index (χ2n) is 11.4. The van der Waals surface area contributed by atoms with Crippen molar-refractivity contribution in [2.45, 2.75) is 91.0 Å². The first kappa shape index (κ1) is 21.4. The Labute approximate surface area is 186 Å². The van der Waals surface area contributed by atoms with Crippen molar-refractivity contribution < 1.29 is 14.4 Å². The van der Waals surface area contributed by atoms with Crippen molar-refractivity contribution in [3.63, 3.8) is 0 Å². The van der Waals surface area contributed by atoms with Crippen LogP contribution in [0, 0.1) is 34.5 Å². The highest BCUT2D eigenvalue weighted by molar-refractivity contribution is 5.91. The summed E-state index contributed by atoms with van der Waals surface area (Å²) >= 11 is 0. The third kappa shape index (κ3) is 3.42. The summed E-state index contributed by atoms with van der Waals surface area (Å²) in [6.07, 6.45) is 12.8. The summed E-state index contributed by atoms with van der Waals surface area (Å²) in [5, 5.41) is 7.55. The molecule has 0 aromatic carbocycles. The molecule has 5 aliphatic rings. The smallest absolute Gasteiger partial charge is 0.317 e. The molecule has 7 atom stereocenters. The van der Waals surface area contributed by atoms with Crippen LogP contribution in [-0.4, -0.2) is 30.1 Å². The zero-order valence-electron chi connectivity index (χ0n) is 19.4. The van der Waals surface area contributed by atoms with Gasteiger partial charge in [-0.3, -0.25) is 4.79 Å². The molecular weight excluding hydrogens is 388 g/mol. The quantitative estimate of drug-likeness (QED) is 0.400. The topological polar surface area (TPSA) is 67.8 Å². The molecule has 0 aromatic heterocycles. The van der Waals surface area contributed by atoms with Crippen molar-refractivity contribution in [1.29, 1.82) is 0 Å². The summed E-state index contributed by atoms with van der Waals surface area (Å²) in [6, 6.07) is -0.188. The highest BCUT2D eigenvalue weighted by atomic mass is 16.7. The lowest BCUT2D eigenvalue weighted by molar-refractivity contribution is -0.145. The predicted octanol–water partition coefficient (Wildman–Crippen LogP) is 4.81. The zero-order chi connectivity index (χ0) is 21.8. The lowest BCUT2D eigenvalue weighted by Crippen LogP contribution is -2.51. The predicted molar refractivity (Wildman–Crippen MR) is 120 cm³/mol. The van der Waals surface area contributed by atoms with Gasteiger partial charge in [0.25, 0.3) is 0 Å².